The number of alkyl halides is 3. The van der Waals surface area contributed by atoms with Gasteiger partial charge in [0.1, 0.15) is 0 Å². The molecule has 0 unspecified atom stereocenters. The van der Waals surface area contributed by atoms with Crippen molar-refractivity contribution < 1.29 is 22.8 Å². The molecule has 2 aromatic heterocycles. The lowest BCUT2D eigenvalue weighted by molar-refractivity contribution is -0.145. The highest BCUT2D eigenvalue weighted by Gasteiger charge is 2.37. The van der Waals surface area contributed by atoms with Crippen molar-refractivity contribution >= 4 is 40.2 Å². The Hall–Kier alpha value is -3.58. The van der Waals surface area contributed by atoms with Crippen LogP contribution in [0.1, 0.15) is 27.6 Å². The maximum atomic E-state index is 13.0. The first-order chi connectivity index (χ1) is 18.3. The van der Waals surface area contributed by atoms with Gasteiger partial charge in [0.25, 0.3) is 5.91 Å². The number of aromatic nitrogens is 3. The zero-order valence-electron chi connectivity index (χ0n) is 20.3. The topological polar surface area (TPSA) is 85.8 Å². The van der Waals surface area contributed by atoms with Gasteiger partial charge < -0.3 is 14.7 Å². The quantitative estimate of drug-likeness (QED) is 0.500. The Morgan fingerprint density at radius 3 is 2.42 bits per heavy atom. The Morgan fingerprint density at radius 2 is 1.74 bits per heavy atom. The van der Waals surface area contributed by atoms with E-state index in [9.17, 15) is 22.8 Å². The first-order valence-corrected chi connectivity index (χ1v) is 13.2. The second-order valence-corrected chi connectivity index (χ2v) is 10.4. The summed E-state index contributed by atoms with van der Waals surface area (Å²) in [6.45, 7) is 3.79. The SMILES string of the molecule is O=C(c1nccs1)N1CCN([C@@H]2CC(=O)N(c3ccc4c(c3)CCN4c3cnc(C(F)(F)F)nc3)C2)CC1. The smallest absolute Gasteiger partial charge is 0.338 e. The molecule has 3 aliphatic heterocycles. The molecule has 3 aromatic rings. The average Bonchev–Trinajstić information content (AvgIpc) is 3.68. The van der Waals surface area contributed by atoms with Crippen molar-refractivity contribution in [3.05, 3.63) is 58.6 Å². The number of carbonyl (C=O) groups is 2. The zero-order chi connectivity index (χ0) is 26.4. The highest BCUT2D eigenvalue weighted by atomic mass is 32.1. The monoisotopic (exact) mass is 543 g/mol. The first-order valence-electron chi connectivity index (χ1n) is 12.3. The van der Waals surface area contributed by atoms with Crippen LogP contribution in [0.25, 0.3) is 0 Å². The molecule has 1 atom stereocenters. The number of amides is 2. The van der Waals surface area contributed by atoms with E-state index >= 15 is 0 Å². The van der Waals surface area contributed by atoms with Crippen LogP contribution in [0.3, 0.4) is 0 Å². The standard InChI is InChI=1S/C25H24F3N7O2S/c26-25(27,28)24-30-13-19(14-31-24)34-5-3-16-11-17(1-2-20(16)34)35-15-18(12-21(35)36)32-6-8-33(9-7-32)23(37)22-29-4-10-38-22/h1-2,4,10-11,13-14,18H,3,5-9,12,15H2/t18-/m1/s1. The fourth-order valence-corrected chi connectivity index (χ4v) is 5.97. The van der Waals surface area contributed by atoms with E-state index in [1.54, 1.807) is 11.6 Å². The van der Waals surface area contributed by atoms with Crippen molar-refractivity contribution in [1.82, 2.24) is 24.8 Å². The molecule has 0 radical (unpaired) electrons. The molecule has 1 aromatic carbocycles. The summed E-state index contributed by atoms with van der Waals surface area (Å²) in [6.07, 6.45) is 0.558. The van der Waals surface area contributed by atoms with Gasteiger partial charge in [0, 0.05) is 74.7 Å². The van der Waals surface area contributed by atoms with E-state index in [1.807, 2.05) is 32.9 Å². The third-order valence-corrected chi connectivity index (χ3v) is 8.07. The van der Waals surface area contributed by atoms with Crippen molar-refractivity contribution in [1.29, 1.82) is 0 Å². The van der Waals surface area contributed by atoms with Crippen LogP contribution in [0.5, 0.6) is 0 Å². The van der Waals surface area contributed by atoms with Gasteiger partial charge in [-0.25, -0.2) is 15.0 Å². The highest BCUT2D eigenvalue weighted by molar-refractivity contribution is 7.11. The van der Waals surface area contributed by atoms with Gasteiger partial charge >= 0.3 is 6.18 Å². The number of piperazine rings is 1. The average molecular weight is 544 g/mol. The van der Waals surface area contributed by atoms with E-state index in [2.05, 4.69) is 19.9 Å². The molecule has 0 saturated carbocycles. The maximum Gasteiger partial charge on any atom is 0.451 e. The molecule has 2 saturated heterocycles. The Morgan fingerprint density at radius 1 is 0.974 bits per heavy atom. The summed E-state index contributed by atoms with van der Waals surface area (Å²) < 4.78 is 38.5. The Bertz CT molecular complexity index is 1340. The van der Waals surface area contributed by atoms with Gasteiger partial charge in [0.15, 0.2) is 5.01 Å². The van der Waals surface area contributed by atoms with E-state index < -0.39 is 12.0 Å². The van der Waals surface area contributed by atoms with Gasteiger partial charge in [-0.05, 0) is 30.2 Å². The molecular weight excluding hydrogens is 519 g/mol. The summed E-state index contributed by atoms with van der Waals surface area (Å²) in [5, 5.41) is 2.30. The van der Waals surface area contributed by atoms with Crippen molar-refractivity contribution in [2.24, 2.45) is 0 Å². The largest absolute Gasteiger partial charge is 0.451 e. The summed E-state index contributed by atoms with van der Waals surface area (Å²) >= 11 is 1.34. The van der Waals surface area contributed by atoms with E-state index in [0.29, 0.717) is 62.8 Å². The molecule has 13 heteroatoms. The number of carbonyl (C=O) groups excluding carboxylic acids is 2. The lowest BCUT2D eigenvalue weighted by Crippen LogP contribution is -2.52. The number of benzene rings is 1. The minimum absolute atomic E-state index is 0.0428. The summed E-state index contributed by atoms with van der Waals surface area (Å²) in [7, 11) is 0. The lowest BCUT2D eigenvalue weighted by Gasteiger charge is -2.37. The van der Waals surface area contributed by atoms with E-state index in [1.165, 1.54) is 23.7 Å². The predicted octanol–water partition coefficient (Wildman–Crippen LogP) is 3.21. The number of thiazole rings is 1. The van der Waals surface area contributed by atoms with Crippen LogP contribution in [-0.4, -0.2) is 81.9 Å². The lowest BCUT2D eigenvalue weighted by atomic mass is 10.1. The molecular formula is C25H24F3N7O2S. The predicted molar refractivity (Wildman–Crippen MR) is 135 cm³/mol. The van der Waals surface area contributed by atoms with Gasteiger partial charge in [-0.2, -0.15) is 13.2 Å². The number of nitrogens with zero attached hydrogens (tertiary/aromatic N) is 7. The van der Waals surface area contributed by atoms with Crippen molar-refractivity contribution in [3.8, 4) is 0 Å². The Balaban J connectivity index is 1.10. The summed E-state index contributed by atoms with van der Waals surface area (Å²) in [4.78, 5) is 44.4. The second-order valence-electron chi connectivity index (χ2n) is 9.51. The van der Waals surface area contributed by atoms with Crippen LogP contribution < -0.4 is 9.80 Å². The molecule has 0 aliphatic carbocycles. The highest BCUT2D eigenvalue weighted by Crippen LogP contribution is 2.38. The number of fused-ring (bicyclic) bond motifs is 1. The normalized spacial score (nSPS) is 20.3. The molecule has 3 aliphatic rings. The first kappa shape index (κ1) is 24.7. The molecule has 38 heavy (non-hydrogen) atoms. The molecule has 2 amide bonds. The number of anilines is 3. The van der Waals surface area contributed by atoms with Crippen LogP contribution in [0.15, 0.2) is 42.2 Å². The number of rotatable bonds is 4. The van der Waals surface area contributed by atoms with Crippen molar-refractivity contribution in [3.63, 3.8) is 0 Å². The fourth-order valence-electron chi connectivity index (χ4n) is 5.37. The maximum absolute atomic E-state index is 13.0. The van der Waals surface area contributed by atoms with Gasteiger partial charge in [-0.15, -0.1) is 11.3 Å². The molecule has 6 rings (SSSR count). The van der Waals surface area contributed by atoms with Crippen molar-refractivity contribution in [2.45, 2.75) is 25.1 Å². The fraction of sp³-hybridized carbons (Fsp3) is 0.400. The Kier molecular flexibility index (Phi) is 6.26. The molecule has 198 valence electrons. The minimum Gasteiger partial charge on any atom is -0.338 e. The summed E-state index contributed by atoms with van der Waals surface area (Å²) in [5.74, 6) is -1.15. The van der Waals surface area contributed by atoms with E-state index in [4.69, 9.17) is 0 Å². The molecule has 0 N–H and O–H groups in total. The van der Waals surface area contributed by atoms with Crippen LogP contribution in [0.4, 0.5) is 30.2 Å². The van der Waals surface area contributed by atoms with Crippen molar-refractivity contribution in [2.75, 3.05) is 49.1 Å². The zero-order valence-corrected chi connectivity index (χ0v) is 21.1. The second kappa shape index (κ2) is 9.62. The molecule has 0 bridgehead atoms. The van der Waals surface area contributed by atoms with E-state index in [0.717, 1.165) is 16.9 Å². The van der Waals surface area contributed by atoms with E-state index in [-0.39, 0.29) is 17.9 Å². The molecule has 2 fully saturated rings. The minimum atomic E-state index is -4.58. The Labute approximate surface area is 220 Å². The van der Waals surface area contributed by atoms with Crippen LogP contribution in [0, 0.1) is 0 Å². The number of halogens is 3. The van der Waals surface area contributed by atoms with Gasteiger partial charge in [0.05, 0.1) is 18.1 Å². The third kappa shape index (κ3) is 4.60. The van der Waals surface area contributed by atoms with Crippen LogP contribution in [0.2, 0.25) is 0 Å². The van der Waals surface area contributed by atoms with Gasteiger partial charge in [-0.3, -0.25) is 14.5 Å². The third-order valence-electron chi connectivity index (χ3n) is 7.31. The van der Waals surface area contributed by atoms with Crippen LogP contribution in [-0.2, 0) is 17.4 Å². The summed E-state index contributed by atoms with van der Waals surface area (Å²) in [6, 6.07) is 5.85. The molecule has 0 spiro atoms. The summed E-state index contributed by atoms with van der Waals surface area (Å²) in [5.41, 5.74) is 3.21. The number of hydrogen-bond donors (Lipinski definition) is 0. The van der Waals surface area contributed by atoms with Gasteiger partial charge in [-0.1, -0.05) is 0 Å². The number of hydrogen-bond acceptors (Lipinski definition) is 8. The molecule has 5 heterocycles. The van der Waals surface area contributed by atoms with Crippen LogP contribution >= 0.6 is 11.3 Å². The van der Waals surface area contributed by atoms with Gasteiger partial charge in [0.2, 0.25) is 11.7 Å². The molecule has 9 nitrogen and oxygen atoms in total.